The summed E-state index contributed by atoms with van der Waals surface area (Å²) in [4.78, 5) is 0. The molecule has 1 aromatic rings. The van der Waals surface area contributed by atoms with Gasteiger partial charge in [0.15, 0.2) is 11.5 Å². The topological polar surface area (TPSA) is 50.7 Å². The molecule has 4 heteroatoms. The quantitative estimate of drug-likeness (QED) is 0.864. The van der Waals surface area contributed by atoms with Gasteiger partial charge >= 0.3 is 0 Å². The van der Waals surface area contributed by atoms with Crippen molar-refractivity contribution in [1.29, 1.82) is 0 Å². The molecule has 0 spiro atoms. The van der Waals surface area contributed by atoms with Crippen LogP contribution >= 0.6 is 0 Å². The van der Waals surface area contributed by atoms with E-state index in [1.54, 1.807) is 0 Å². The number of ether oxygens (including phenoxy) is 2. The zero-order chi connectivity index (χ0) is 13.8. The van der Waals surface area contributed by atoms with Crippen molar-refractivity contribution in [3.63, 3.8) is 0 Å². The largest absolute Gasteiger partial charge is 0.486 e. The Morgan fingerprint density at radius 2 is 1.90 bits per heavy atom. The van der Waals surface area contributed by atoms with Crippen molar-refractivity contribution in [2.24, 2.45) is 11.8 Å². The van der Waals surface area contributed by atoms with Crippen molar-refractivity contribution in [1.82, 2.24) is 5.32 Å². The van der Waals surface area contributed by atoms with E-state index in [0.29, 0.717) is 31.7 Å². The van der Waals surface area contributed by atoms with Gasteiger partial charge in [-0.3, -0.25) is 0 Å². The first kappa shape index (κ1) is 13.7. The molecule has 2 unspecified atom stereocenters. The summed E-state index contributed by atoms with van der Waals surface area (Å²) in [5, 5.41) is 12.8. The Bertz CT molecular complexity index is 449. The highest BCUT2D eigenvalue weighted by atomic mass is 16.6. The molecule has 0 bridgehead atoms. The highest BCUT2D eigenvalue weighted by Crippen LogP contribution is 2.32. The smallest absolute Gasteiger partial charge is 0.161 e. The molecule has 1 saturated carbocycles. The number of hydrogen-bond donors (Lipinski definition) is 2. The molecule has 0 saturated heterocycles. The highest BCUT2D eigenvalue weighted by Gasteiger charge is 2.25. The van der Waals surface area contributed by atoms with Crippen LogP contribution < -0.4 is 14.8 Å². The van der Waals surface area contributed by atoms with Crippen LogP contribution in [0.15, 0.2) is 18.2 Å². The second kappa shape index (κ2) is 6.46. The van der Waals surface area contributed by atoms with Gasteiger partial charge in [0, 0.05) is 13.2 Å². The zero-order valence-corrected chi connectivity index (χ0v) is 11.8. The molecule has 2 atom stereocenters. The van der Waals surface area contributed by atoms with Crippen molar-refractivity contribution in [3.8, 4) is 11.5 Å². The minimum absolute atomic E-state index is 0.330. The van der Waals surface area contributed by atoms with Crippen LogP contribution in [-0.2, 0) is 6.54 Å². The number of aliphatic hydroxyl groups excluding tert-OH is 1. The predicted octanol–water partition coefficient (Wildman–Crippen LogP) is 1.96. The van der Waals surface area contributed by atoms with Crippen LogP contribution in [0.1, 0.15) is 24.8 Å². The third-order valence-corrected chi connectivity index (χ3v) is 4.39. The zero-order valence-electron chi connectivity index (χ0n) is 11.8. The molecule has 1 aliphatic heterocycles. The fourth-order valence-corrected chi connectivity index (χ4v) is 3.22. The summed E-state index contributed by atoms with van der Waals surface area (Å²) in [5.74, 6) is 2.81. The van der Waals surface area contributed by atoms with E-state index in [0.717, 1.165) is 24.6 Å². The number of aliphatic hydroxyl groups is 1. The Morgan fingerprint density at radius 1 is 1.10 bits per heavy atom. The summed E-state index contributed by atoms with van der Waals surface area (Å²) >= 11 is 0. The minimum Gasteiger partial charge on any atom is -0.486 e. The van der Waals surface area contributed by atoms with Gasteiger partial charge in [-0.05, 0) is 48.9 Å². The van der Waals surface area contributed by atoms with Crippen molar-refractivity contribution in [2.45, 2.75) is 25.8 Å². The average Bonchev–Trinajstić information content (AvgIpc) is 2.95. The summed E-state index contributed by atoms with van der Waals surface area (Å²) in [6.07, 6.45) is 3.66. The fraction of sp³-hybridized carbons (Fsp3) is 0.625. The van der Waals surface area contributed by atoms with E-state index < -0.39 is 0 Å². The third-order valence-electron chi connectivity index (χ3n) is 4.39. The van der Waals surface area contributed by atoms with Crippen molar-refractivity contribution >= 4 is 0 Å². The van der Waals surface area contributed by atoms with E-state index in [1.165, 1.54) is 24.8 Å². The summed E-state index contributed by atoms with van der Waals surface area (Å²) in [7, 11) is 0. The molecule has 20 heavy (non-hydrogen) atoms. The summed E-state index contributed by atoms with van der Waals surface area (Å²) in [5.41, 5.74) is 1.22. The predicted molar refractivity (Wildman–Crippen MR) is 77.1 cm³/mol. The molecule has 1 aliphatic carbocycles. The molecular formula is C16H23NO3. The van der Waals surface area contributed by atoms with Gasteiger partial charge < -0.3 is 19.9 Å². The van der Waals surface area contributed by atoms with Crippen LogP contribution in [0.25, 0.3) is 0 Å². The molecule has 4 nitrogen and oxygen atoms in total. The average molecular weight is 277 g/mol. The van der Waals surface area contributed by atoms with E-state index in [-0.39, 0.29) is 0 Å². The van der Waals surface area contributed by atoms with E-state index in [9.17, 15) is 5.11 Å². The number of benzene rings is 1. The van der Waals surface area contributed by atoms with Crippen molar-refractivity contribution in [3.05, 3.63) is 23.8 Å². The molecule has 1 fully saturated rings. The molecule has 110 valence electrons. The second-order valence-electron chi connectivity index (χ2n) is 5.74. The maximum atomic E-state index is 9.33. The third kappa shape index (κ3) is 3.07. The molecule has 0 aromatic heterocycles. The van der Waals surface area contributed by atoms with E-state index in [4.69, 9.17) is 9.47 Å². The molecule has 2 aliphatic rings. The van der Waals surface area contributed by atoms with Crippen LogP contribution in [0.4, 0.5) is 0 Å². The van der Waals surface area contributed by atoms with Crippen molar-refractivity contribution < 1.29 is 14.6 Å². The molecule has 1 heterocycles. The Morgan fingerprint density at radius 3 is 2.75 bits per heavy atom. The molecule has 0 amide bonds. The van der Waals surface area contributed by atoms with Gasteiger partial charge in [0.05, 0.1) is 0 Å². The molecule has 3 rings (SSSR count). The Labute approximate surface area is 120 Å². The van der Waals surface area contributed by atoms with Gasteiger partial charge in [-0.2, -0.15) is 0 Å². The Hall–Kier alpha value is -1.26. The van der Waals surface area contributed by atoms with Gasteiger partial charge in [0.25, 0.3) is 0 Å². The van der Waals surface area contributed by atoms with E-state index in [1.807, 2.05) is 6.07 Å². The molecule has 1 aromatic carbocycles. The summed E-state index contributed by atoms with van der Waals surface area (Å²) < 4.78 is 11.1. The summed E-state index contributed by atoms with van der Waals surface area (Å²) in [6.45, 7) is 3.42. The lowest BCUT2D eigenvalue weighted by atomic mass is 9.97. The second-order valence-corrected chi connectivity index (χ2v) is 5.74. The van der Waals surface area contributed by atoms with Crippen LogP contribution in [0.5, 0.6) is 11.5 Å². The highest BCUT2D eigenvalue weighted by molar-refractivity contribution is 5.43. The number of hydrogen-bond acceptors (Lipinski definition) is 4. The Kier molecular flexibility index (Phi) is 4.43. The number of nitrogens with one attached hydrogen (secondary N) is 1. The van der Waals surface area contributed by atoms with Crippen LogP contribution in [0.2, 0.25) is 0 Å². The van der Waals surface area contributed by atoms with Gasteiger partial charge in [0.1, 0.15) is 13.2 Å². The lowest BCUT2D eigenvalue weighted by molar-refractivity contribution is 0.171. The minimum atomic E-state index is 0.330. The van der Waals surface area contributed by atoms with E-state index >= 15 is 0 Å². The van der Waals surface area contributed by atoms with Gasteiger partial charge in [-0.15, -0.1) is 0 Å². The lowest BCUT2D eigenvalue weighted by Gasteiger charge is -2.20. The fourth-order valence-electron chi connectivity index (χ4n) is 3.22. The van der Waals surface area contributed by atoms with Gasteiger partial charge in [-0.1, -0.05) is 12.5 Å². The standard InChI is InChI=1S/C16H23NO3/c18-11-14-3-1-2-13(14)10-17-9-12-4-5-15-16(8-12)20-7-6-19-15/h4-5,8,13-14,17-18H,1-3,6-7,9-11H2. The first-order valence-electron chi connectivity index (χ1n) is 7.57. The summed E-state index contributed by atoms with van der Waals surface area (Å²) in [6, 6.07) is 6.12. The van der Waals surface area contributed by atoms with Crippen LogP contribution in [0, 0.1) is 11.8 Å². The lowest BCUT2D eigenvalue weighted by Crippen LogP contribution is -2.26. The maximum absolute atomic E-state index is 9.33. The van der Waals surface area contributed by atoms with Gasteiger partial charge in [0.2, 0.25) is 0 Å². The van der Waals surface area contributed by atoms with Crippen LogP contribution in [-0.4, -0.2) is 31.5 Å². The molecular weight excluding hydrogens is 254 g/mol. The maximum Gasteiger partial charge on any atom is 0.161 e. The SMILES string of the molecule is OCC1CCCC1CNCc1ccc2c(c1)OCCO2. The monoisotopic (exact) mass is 277 g/mol. The molecule has 2 N–H and O–H groups in total. The Balaban J connectivity index is 1.51. The first-order valence-corrected chi connectivity index (χ1v) is 7.57. The van der Waals surface area contributed by atoms with Gasteiger partial charge in [-0.25, -0.2) is 0 Å². The normalized spacial score (nSPS) is 24.9. The van der Waals surface area contributed by atoms with E-state index in [2.05, 4.69) is 17.4 Å². The first-order chi connectivity index (χ1) is 9.86. The number of rotatable bonds is 5. The molecule has 0 radical (unpaired) electrons. The van der Waals surface area contributed by atoms with Crippen molar-refractivity contribution in [2.75, 3.05) is 26.4 Å². The van der Waals surface area contributed by atoms with Crippen LogP contribution in [0.3, 0.4) is 0 Å². The number of fused-ring (bicyclic) bond motifs is 1.